The highest BCUT2D eigenvalue weighted by Crippen LogP contribution is 2.43. The third-order valence-electron chi connectivity index (χ3n) is 3.85. The molecule has 2 aliphatic heterocycles. The van der Waals surface area contributed by atoms with E-state index in [-0.39, 0.29) is 5.17 Å². The van der Waals surface area contributed by atoms with E-state index in [1.165, 1.54) is 5.01 Å². The Morgan fingerprint density at radius 1 is 0.958 bits per heavy atom. The predicted molar refractivity (Wildman–Crippen MR) is 93.9 cm³/mol. The van der Waals surface area contributed by atoms with Gasteiger partial charge in [0.05, 0.1) is 5.69 Å². The van der Waals surface area contributed by atoms with Gasteiger partial charge in [-0.1, -0.05) is 60.3 Å². The lowest BCUT2D eigenvalue weighted by atomic mass is 9.95. The molecule has 24 heavy (non-hydrogen) atoms. The number of aliphatic imine (C=N–C) groups is 1. The zero-order chi connectivity index (χ0) is 16.7. The van der Waals surface area contributed by atoms with Crippen LogP contribution in [0.3, 0.4) is 0 Å². The van der Waals surface area contributed by atoms with Gasteiger partial charge in [0.25, 0.3) is 11.8 Å². The van der Waals surface area contributed by atoms with Crippen molar-refractivity contribution in [1.29, 1.82) is 0 Å². The van der Waals surface area contributed by atoms with Gasteiger partial charge in [-0.2, -0.15) is 15.1 Å². The van der Waals surface area contributed by atoms with Crippen LogP contribution in [-0.4, -0.2) is 27.4 Å². The number of para-hydroxylation sites is 1. The fourth-order valence-corrected chi connectivity index (χ4v) is 3.76. The Morgan fingerprint density at radius 2 is 1.58 bits per heavy atom. The van der Waals surface area contributed by atoms with Gasteiger partial charge in [-0.05, 0) is 12.1 Å². The normalized spacial score (nSPS) is 22.9. The molecule has 6 nitrogen and oxygen atoms in total. The van der Waals surface area contributed by atoms with Crippen molar-refractivity contribution in [2.75, 3.05) is 5.01 Å². The summed E-state index contributed by atoms with van der Waals surface area (Å²) >= 11 is 0.949. The summed E-state index contributed by atoms with van der Waals surface area (Å²) in [6.45, 7) is 0. The molecule has 2 aromatic carbocycles. The molecule has 2 heterocycles. The maximum absolute atomic E-state index is 13.1. The Balaban J connectivity index is 1.89. The van der Waals surface area contributed by atoms with Crippen molar-refractivity contribution in [3.05, 3.63) is 66.2 Å². The fourth-order valence-electron chi connectivity index (χ4n) is 2.75. The van der Waals surface area contributed by atoms with E-state index in [0.717, 1.165) is 11.8 Å². The molecule has 0 saturated carbocycles. The number of hydrogen-bond acceptors (Lipinski definition) is 5. The van der Waals surface area contributed by atoms with Crippen molar-refractivity contribution in [2.24, 2.45) is 15.8 Å². The molecule has 1 unspecified atom stereocenters. The number of carbonyl (C=O) groups excluding carboxylic acids is 2. The van der Waals surface area contributed by atoms with Crippen molar-refractivity contribution >= 4 is 40.1 Å². The Bertz CT molecular complexity index is 895. The minimum Gasteiger partial charge on any atom is -0.378 e. The number of carbonyl (C=O) groups is 2. The smallest absolute Gasteiger partial charge is 0.280 e. The van der Waals surface area contributed by atoms with Crippen molar-refractivity contribution in [3.8, 4) is 0 Å². The van der Waals surface area contributed by atoms with Crippen LogP contribution in [0.25, 0.3) is 0 Å². The molecular formula is C17H12N4O2S. The molecule has 118 valence electrons. The molecule has 1 spiro atoms. The number of nitrogens with zero attached hydrogens (tertiary/aromatic N) is 3. The van der Waals surface area contributed by atoms with Gasteiger partial charge in [0.2, 0.25) is 4.75 Å². The van der Waals surface area contributed by atoms with Crippen LogP contribution in [0.2, 0.25) is 0 Å². The maximum atomic E-state index is 13.1. The van der Waals surface area contributed by atoms with Crippen LogP contribution in [0, 0.1) is 0 Å². The van der Waals surface area contributed by atoms with Crippen LogP contribution in [0.1, 0.15) is 5.56 Å². The Hall–Kier alpha value is -2.93. The summed E-state index contributed by atoms with van der Waals surface area (Å²) < 4.78 is -1.54. The van der Waals surface area contributed by atoms with Crippen LogP contribution in [0.5, 0.6) is 0 Å². The van der Waals surface area contributed by atoms with Crippen molar-refractivity contribution < 1.29 is 9.59 Å². The lowest BCUT2D eigenvalue weighted by molar-refractivity contribution is -0.126. The first-order chi connectivity index (χ1) is 11.6. The fraction of sp³-hybridized carbons (Fsp3) is 0.0588. The van der Waals surface area contributed by atoms with Crippen LogP contribution in [0.4, 0.5) is 5.69 Å². The zero-order valence-electron chi connectivity index (χ0n) is 12.4. The molecule has 0 bridgehead atoms. The number of benzene rings is 2. The summed E-state index contributed by atoms with van der Waals surface area (Å²) in [6.07, 6.45) is 0. The Labute approximate surface area is 142 Å². The average molecular weight is 336 g/mol. The number of thioether (sulfide) groups is 1. The number of nitrogens with two attached hydrogens (primary N) is 1. The summed E-state index contributed by atoms with van der Waals surface area (Å²) in [7, 11) is 0. The third kappa shape index (κ3) is 1.98. The van der Waals surface area contributed by atoms with Crippen molar-refractivity contribution in [1.82, 2.24) is 0 Å². The van der Waals surface area contributed by atoms with E-state index in [4.69, 9.17) is 5.73 Å². The molecular weight excluding hydrogens is 324 g/mol. The first-order valence-electron chi connectivity index (χ1n) is 7.24. The minimum atomic E-state index is -1.54. The molecule has 7 heteroatoms. The molecule has 0 radical (unpaired) electrons. The summed E-state index contributed by atoms with van der Waals surface area (Å²) in [4.78, 5) is 29.4. The number of amides is 2. The van der Waals surface area contributed by atoms with Crippen LogP contribution in [-0.2, 0) is 9.59 Å². The van der Waals surface area contributed by atoms with Crippen LogP contribution >= 0.6 is 11.8 Å². The van der Waals surface area contributed by atoms with Gasteiger partial charge in [0, 0.05) is 5.56 Å². The molecule has 0 aromatic heterocycles. The van der Waals surface area contributed by atoms with E-state index in [1.54, 1.807) is 24.3 Å². The van der Waals surface area contributed by atoms with E-state index in [0.29, 0.717) is 17.0 Å². The first kappa shape index (κ1) is 14.6. The topological polar surface area (TPSA) is 88.1 Å². The monoisotopic (exact) mass is 336 g/mol. The van der Waals surface area contributed by atoms with E-state index < -0.39 is 16.6 Å². The van der Waals surface area contributed by atoms with Gasteiger partial charge < -0.3 is 5.73 Å². The molecule has 0 saturated heterocycles. The maximum Gasteiger partial charge on any atom is 0.280 e. The van der Waals surface area contributed by atoms with Gasteiger partial charge >= 0.3 is 0 Å². The second-order valence-electron chi connectivity index (χ2n) is 5.31. The molecule has 1 atom stereocenters. The number of hydrogen-bond donors (Lipinski definition) is 1. The lowest BCUT2D eigenvalue weighted by Crippen LogP contribution is -2.48. The SMILES string of the molecule is NC1=NC(=O)C2(S1)C(=O)N(c1ccccc1)N=C2c1ccccc1. The predicted octanol–water partition coefficient (Wildman–Crippen LogP) is 1.76. The highest BCUT2D eigenvalue weighted by atomic mass is 32.2. The number of anilines is 1. The first-order valence-corrected chi connectivity index (χ1v) is 8.06. The molecule has 2 N–H and O–H groups in total. The summed E-state index contributed by atoms with van der Waals surface area (Å²) in [5.74, 6) is -1.04. The minimum absolute atomic E-state index is 0.0758. The van der Waals surface area contributed by atoms with Gasteiger partial charge in [0.1, 0.15) is 5.71 Å². The van der Waals surface area contributed by atoms with E-state index in [9.17, 15) is 9.59 Å². The third-order valence-corrected chi connectivity index (χ3v) is 4.99. The van der Waals surface area contributed by atoms with Crippen molar-refractivity contribution in [2.45, 2.75) is 4.75 Å². The summed E-state index contributed by atoms with van der Waals surface area (Å²) in [5.41, 5.74) is 7.37. The molecule has 0 aliphatic carbocycles. The zero-order valence-corrected chi connectivity index (χ0v) is 13.2. The molecule has 2 amide bonds. The highest BCUT2D eigenvalue weighted by Gasteiger charge is 2.61. The number of amidine groups is 1. The van der Waals surface area contributed by atoms with Crippen LogP contribution in [0.15, 0.2) is 70.8 Å². The lowest BCUT2D eigenvalue weighted by Gasteiger charge is -2.20. The summed E-state index contributed by atoms with van der Waals surface area (Å²) in [5, 5.41) is 5.79. The molecule has 2 aliphatic rings. The van der Waals surface area contributed by atoms with Crippen LogP contribution < -0.4 is 10.7 Å². The Kier molecular flexibility index (Phi) is 3.24. The average Bonchev–Trinajstić information content (AvgIpc) is 3.07. The second-order valence-corrected chi connectivity index (χ2v) is 6.54. The van der Waals surface area contributed by atoms with Crippen molar-refractivity contribution in [3.63, 3.8) is 0 Å². The molecule has 0 fully saturated rings. The quantitative estimate of drug-likeness (QED) is 0.847. The standard InChI is InChI=1S/C17H12N4O2S/c18-16-19-14(22)17(24-16)13(11-7-3-1-4-8-11)20-21(15(17)23)12-9-5-2-6-10-12/h1-10H,(H2,18,19,22). The van der Waals surface area contributed by atoms with Gasteiger partial charge in [-0.3, -0.25) is 9.59 Å². The Morgan fingerprint density at radius 3 is 2.17 bits per heavy atom. The highest BCUT2D eigenvalue weighted by molar-refractivity contribution is 8.17. The molecule has 2 aromatic rings. The largest absolute Gasteiger partial charge is 0.378 e. The number of rotatable bonds is 2. The van der Waals surface area contributed by atoms with Gasteiger partial charge in [0.15, 0.2) is 5.17 Å². The van der Waals surface area contributed by atoms with E-state index in [2.05, 4.69) is 10.1 Å². The van der Waals surface area contributed by atoms with E-state index >= 15 is 0 Å². The van der Waals surface area contributed by atoms with Gasteiger partial charge in [-0.25, -0.2) is 0 Å². The molecule has 4 rings (SSSR count). The second kappa shape index (κ2) is 5.31. The van der Waals surface area contributed by atoms with Gasteiger partial charge in [-0.15, -0.1) is 0 Å². The van der Waals surface area contributed by atoms with E-state index in [1.807, 2.05) is 36.4 Å². The number of hydrazone groups is 1. The summed E-state index contributed by atoms with van der Waals surface area (Å²) in [6, 6.07) is 18.1.